The van der Waals surface area contributed by atoms with Gasteiger partial charge >= 0.3 is 5.69 Å². The molecule has 0 amide bonds. The van der Waals surface area contributed by atoms with Crippen molar-refractivity contribution < 1.29 is 13.9 Å². The molecule has 0 atom stereocenters. The van der Waals surface area contributed by atoms with Crippen molar-refractivity contribution in [3.8, 4) is 0 Å². The van der Waals surface area contributed by atoms with E-state index in [-0.39, 0.29) is 21.9 Å². The number of rotatable bonds is 4. The highest BCUT2D eigenvalue weighted by molar-refractivity contribution is 6.00. The minimum absolute atomic E-state index is 0.0375. The zero-order chi connectivity index (χ0) is 22.2. The summed E-state index contributed by atoms with van der Waals surface area (Å²) in [5.41, 5.74) is 2.94. The van der Waals surface area contributed by atoms with E-state index in [1.807, 2.05) is 6.07 Å². The number of benzene rings is 2. The van der Waals surface area contributed by atoms with Crippen molar-refractivity contribution in [2.45, 2.75) is 19.8 Å². The van der Waals surface area contributed by atoms with Crippen LogP contribution in [0, 0.1) is 21.8 Å². The third-order valence-corrected chi connectivity index (χ3v) is 6.59. The molecule has 5 rings (SSSR count). The maximum atomic E-state index is 13.3. The molecule has 0 N–H and O–H groups in total. The molecule has 0 unspecified atom stereocenters. The fourth-order valence-corrected chi connectivity index (χ4v) is 4.67. The van der Waals surface area contributed by atoms with Crippen LogP contribution in [0.5, 0.6) is 0 Å². The lowest BCUT2D eigenvalue weighted by molar-refractivity contribution is -0.382. The predicted octanol–water partition coefficient (Wildman–Crippen LogP) is 3.83. The fourth-order valence-electron chi connectivity index (χ4n) is 4.67. The Bertz CT molecular complexity index is 1120. The van der Waals surface area contributed by atoms with E-state index in [1.54, 1.807) is 12.1 Å². The van der Waals surface area contributed by atoms with Crippen molar-refractivity contribution >= 4 is 33.8 Å². The van der Waals surface area contributed by atoms with Crippen LogP contribution in [0.2, 0.25) is 0 Å². The van der Waals surface area contributed by atoms with Crippen molar-refractivity contribution in [1.29, 1.82) is 0 Å². The van der Waals surface area contributed by atoms with Crippen molar-refractivity contribution in [3.63, 3.8) is 0 Å². The van der Waals surface area contributed by atoms with Gasteiger partial charge in [0.25, 0.3) is 0 Å². The molecule has 9 nitrogen and oxygen atoms in total. The van der Waals surface area contributed by atoms with Crippen molar-refractivity contribution in [1.82, 2.24) is 10.3 Å². The number of hydrogen-bond acceptors (Lipinski definition) is 8. The largest absolute Gasteiger partial charge is 0.368 e. The van der Waals surface area contributed by atoms with Gasteiger partial charge in [-0.2, -0.15) is 0 Å². The van der Waals surface area contributed by atoms with Gasteiger partial charge in [-0.05, 0) is 59.4 Å². The van der Waals surface area contributed by atoms with Crippen LogP contribution < -0.4 is 14.7 Å². The van der Waals surface area contributed by atoms with Crippen molar-refractivity contribution in [2.75, 3.05) is 54.0 Å². The number of nitro benzene ring substituents is 1. The van der Waals surface area contributed by atoms with E-state index in [0.29, 0.717) is 30.2 Å². The third kappa shape index (κ3) is 3.69. The van der Waals surface area contributed by atoms with Crippen LogP contribution in [-0.2, 0) is 0 Å². The maximum absolute atomic E-state index is 13.3. The van der Waals surface area contributed by atoms with Gasteiger partial charge in [-0.1, -0.05) is 6.92 Å². The molecule has 0 saturated carbocycles. The van der Waals surface area contributed by atoms with Gasteiger partial charge in [0.1, 0.15) is 11.5 Å². The highest BCUT2D eigenvalue weighted by Gasteiger charge is 2.32. The number of nitro groups is 1. The van der Waals surface area contributed by atoms with Crippen LogP contribution in [0.15, 0.2) is 35.0 Å². The molecule has 3 aromatic rings. The Labute approximate surface area is 184 Å². The highest BCUT2D eigenvalue weighted by atomic mass is 19.1. The average molecular weight is 440 g/mol. The van der Waals surface area contributed by atoms with E-state index in [9.17, 15) is 14.5 Å². The summed E-state index contributed by atoms with van der Waals surface area (Å²) in [7, 11) is 0. The molecule has 32 heavy (non-hydrogen) atoms. The minimum atomic E-state index is -0.379. The average Bonchev–Trinajstić information content (AvgIpc) is 3.29. The third-order valence-electron chi connectivity index (χ3n) is 6.59. The van der Waals surface area contributed by atoms with Crippen molar-refractivity contribution in [3.05, 3.63) is 46.3 Å². The van der Waals surface area contributed by atoms with E-state index in [2.05, 4.69) is 31.9 Å². The molecule has 0 radical (unpaired) electrons. The second kappa shape index (κ2) is 8.25. The van der Waals surface area contributed by atoms with Crippen LogP contribution >= 0.6 is 0 Å². The SMILES string of the molecule is CC1CCN(c2cc(N3CCN(c4ccc(F)cc4)CC3)c3nonc3c2[N+](=O)[O-])CC1. The Balaban J connectivity index is 1.46. The van der Waals surface area contributed by atoms with E-state index < -0.39 is 0 Å². The summed E-state index contributed by atoms with van der Waals surface area (Å²) in [6.45, 7) is 6.65. The number of piperazine rings is 1. The highest BCUT2D eigenvalue weighted by Crippen LogP contribution is 2.41. The van der Waals surface area contributed by atoms with Gasteiger partial charge in [-0.3, -0.25) is 10.1 Å². The summed E-state index contributed by atoms with van der Waals surface area (Å²) in [6.07, 6.45) is 2.00. The van der Waals surface area contributed by atoms with Gasteiger partial charge in [-0.25, -0.2) is 9.02 Å². The molecular formula is C22H25FN6O3. The topological polar surface area (TPSA) is 91.8 Å². The zero-order valence-electron chi connectivity index (χ0n) is 17.9. The van der Waals surface area contributed by atoms with Gasteiger partial charge in [0.05, 0.1) is 10.6 Å². The molecule has 2 aliphatic rings. The number of anilines is 3. The lowest BCUT2D eigenvalue weighted by Gasteiger charge is -2.38. The number of aromatic nitrogens is 2. The Morgan fingerprint density at radius 3 is 2.19 bits per heavy atom. The number of nitrogens with zero attached hydrogens (tertiary/aromatic N) is 6. The van der Waals surface area contributed by atoms with Gasteiger partial charge in [0.15, 0.2) is 5.52 Å². The summed E-state index contributed by atoms with van der Waals surface area (Å²) < 4.78 is 18.2. The summed E-state index contributed by atoms with van der Waals surface area (Å²) in [6, 6.07) is 8.38. The minimum Gasteiger partial charge on any atom is -0.368 e. The fraction of sp³-hybridized carbons (Fsp3) is 0.455. The monoisotopic (exact) mass is 440 g/mol. The summed E-state index contributed by atoms with van der Waals surface area (Å²) in [4.78, 5) is 18.1. The van der Waals surface area contributed by atoms with Crippen LogP contribution in [0.1, 0.15) is 19.8 Å². The summed E-state index contributed by atoms with van der Waals surface area (Å²) >= 11 is 0. The van der Waals surface area contributed by atoms with Gasteiger partial charge in [0.2, 0.25) is 5.52 Å². The molecule has 168 valence electrons. The van der Waals surface area contributed by atoms with E-state index in [1.165, 1.54) is 12.1 Å². The first-order valence-electron chi connectivity index (χ1n) is 11.0. The first-order chi connectivity index (χ1) is 15.5. The molecule has 1 aromatic heterocycles. The smallest absolute Gasteiger partial charge is 0.323 e. The normalized spacial score (nSPS) is 17.9. The van der Waals surface area contributed by atoms with E-state index in [0.717, 1.165) is 50.4 Å². The molecule has 0 aliphatic carbocycles. The molecule has 0 bridgehead atoms. The lowest BCUT2D eigenvalue weighted by Crippen LogP contribution is -2.46. The Kier molecular flexibility index (Phi) is 5.28. The lowest BCUT2D eigenvalue weighted by atomic mass is 9.98. The van der Waals surface area contributed by atoms with Gasteiger partial charge in [0, 0.05) is 45.0 Å². The summed E-state index contributed by atoms with van der Waals surface area (Å²) in [5.74, 6) is 0.362. The number of halogens is 1. The molecule has 10 heteroatoms. The first kappa shape index (κ1) is 20.5. The number of piperidine rings is 1. The molecule has 2 fully saturated rings. The zero-order valence-corrected chi connectivity index (χ0v) is 17.9. The molecule has 2 aliphatic heterocycles. The second-order valence-corrected chi connectivity index (χ2v) is 8.60. The Morgan fingerprint density at radius 1 is 0.938 bits per heavy atom. The molecule has 2 aromatic carbocycles. The van der Waals surface area contributed by atoms with E-state index >= 15 is 0 Å². The Hall–Kier alpha value is -3.43. The Morgan fingerprint density at radius 2 is 1.53 bits per heavy atom. The van der Waals surface area contributed by atoms with Crippen LogP contribution in [-0.4, -0.2) is 54.5 Å². The van der Waals surface area contributed by atoms with Gasteiger partial charge < -0.3 is 14.7 Å². The van der Waals surface area contributed by atoms with E-state index in [4.69, 9.17) is 4.63 Å². The quantitative estimate of drug-likeness (QED) is 0.446. The van der Waals surface area contributed by atoms with Crippen LogP contribution in [0.3, 0.4) is 0 Å². The molecule has 2 saturated heterocycles. The molecular weight excluding hydrogens is 415 g/mol. The maximum Gasteiger partial charge on any atom is 0.323 e. The second-order valence-electron chi connectivity index (χ2n) is 8.60. The molecule has 0 spiro atoms. The van der Waals surface area contributed by atoms with Crippen LogP contribution in [0.25, 0.3) is 11.0 Å². The predicted molar refractivity (Wildman–Crippen MR) is 120 cm³/mol. The van der Waals surface area contributed by atoms with Crippen molar-refractivity contribution in [2.24, 2.45) is 5.92 Å². The first-order valence-corrected chi connectivity index (χ1v) is 11.0. The van der Waals surface area contributed by atoms with Crippen LogP contribution in [0.4, 0.5) is 27.1 Å². The molecule has 3 heterocycles. The summed E-state index contributed by atoms with van der Waals surface area (Å²) in [5, 5.41) is 19.9. The van der Waals surface area contributed by atoms with Gasteiger partial charge in [-0.15, -0.1) is 0 Å². The number of fused-ring (bicyclic) bond motifs is 1. The standard InChI is InChI=1S/C22H25FN6O3/c1-15-6-8-27(9-7-15)19-14-18(20-21(25-32-24-20)22(19)29(30)31)28-12-10-26(11-13-28)17-4-2-16(23)3-5-17/h2-5,14-15H,6-13H2,1H3. The number of hydrogen-bond donors (Lipinski definition) is 0.